The Morgan fingerprint density at radius 3 is 2.95 bits per heavy atom. The lowest BCUT2D eigenvalue weighted by Crippen LogP contribution is -2.33. The molecule has 0 amide bonds. The minimum absolute atomic E-state index is 0.187. The largest absolute Gasteiger partial charge is 0.361 e. The van der Waals surface area contributed by atoms with Gasteiger partial charge >= 0.3 is 5.69 Å². The molecular formula is C13H15N5O2. The maximum atomic E-state index is 12.5. The lowest BCUT2D eigenvalue weighted by molar-refractivity contribution is 0.387. The van der Waals surface area contributed by atoms with E-state index in [0.717, 1.165) is 0 Å². The normalized spacial score (nSPS) is 12.9. The van der Waals surface area contributed by atoms with Crippen molar-refractivity contribution in [3.8, 4) is 0 Å². The molecule has 2 N–H and O–H groups in total. The zero-order chi connectivity index (χ0) is 14.3. The van der Waals surface area contributed by atoms with Crippen LogP contribution in [0.1, 0.15) is 30.2 Å². The third kappa shape index (κ3) is 2.01. The summed E-state index contributed by atoms with van der Waals surface area (Å²) < 4.78 is 8.03. The summed E-state index contributed by atoms with van der Waals surface area (Å²) in [5.41, 5.74) is 7.00. The van der Waals surface area contributed by atoms with E-state index in [2.05, 4.69) is 10.1 Å². The van der Waals surface area contributed by atoms with Gasteiger partial charge in [0, 0.05) is 12.3 Å². The molecule has 0 aliphatic carbocycles. The fourth-order valence-corrected chi connectivity index (χ4v) is 2.18. The molecule has 0 spiro atoms. The second kappa shape index (κ2) is 4.61. The van der Waals surface area contributed by atoms with Crippen LogP contribution in [0.2, 0.25) is 0 Å². The average molecular weight is 273 g/mol. The van der Waals surface area contributed by atoms with Crippen molar-refractivity contribution in [2.45, 2.75) is 26.4 Å². The van der Waals surface area contributed by atoms with Gasteiger partial charge in [-0.3, -0.25) is 8.97 Å². The molecule has 7 heteroatoms. The molecule has 1 atom stereocenters. The molecule has 0 aliphatic rings. The summed E-state index contributed by atoms with van der Waals surface area (Å²) in [6.07, 6.45) is 1.68. The number of aryl methyl sites for hydroxylation is 1. The summed E-state index contributed by atoms with van der Waals surface area (Å²) in [5, 5.41) is 3.91. The SMILES string of the molecule is Cc1cc(Cn2c(C(C)N)nc3cccn3c2=O)no1. The monoisotopic (exact) mass is 273 g/mol. The van der Waals surface area contributed by atoms with Crippen LogP contribution < -0.4 is 11.4 Å². The summed E-state index contributed by atoms with van der Waals surface area (Å²) in [4.78, 5) is 16.9. The van der Waals surface area contributed by atoms with E-state index in [9.17, 15) is 4.79 Å². The van der Waals surface area contributed by atoms with Gasteiger partial charge in [-0.1, -0.05) is 5.16 Å². The van der Waals surface area contributed by atoms with Gasteiger partial charge < -0.3 is 10.3 Å². The van der Waals surface area contributed by atoms with E-state index in [0.29, 0.717) is 22.9 Å². The Bertz CT molecular complexity index is 812. The minimum atomic E-state index is -0.351. The predicted octanol–water partition coefficient (Wildman–Crippen LogP) is 0.860. The van der Waals surface area contributed by atoms with Crippen molar-refractivity contribution in [1.82, 2.24) is 19.1 Å². The molecule has 0 aliphatic heterocycles. The van der Waals surface area contributed by atoms with Crippen molar-refractivity contribution in [1.29, 1.82) is 0 Å². The minimum Gasteiger partial charge on any atom is -0.361 e. The van der Waals surface area contributed by atoms with Crippen LogP contribution in [0, 0.1) is 6.92 Å². The highest BCUT2D eigenvalue weighted by atomic mass is 16.5. The number of nitrogens with two attached hydrogens (primary N) is 1. The number of hydrogen-bond acceptors (Lipinski definition) is 5. The third-order valence-corrected chi connectivity index (χ3v) is 3.07. The molecule has 0 saturated carbocycles. The molecule has 3 rings (SSSR count). The Hall–Kier alpha value is -2.41. The van der Waals surface area contributed by atoms with Crippen molar-refractivity contribution in [3.63, 3.8) is 0 Å². The molecule has 1 unspecified atom stereocenters. The molecule has 3 heterocycles. The van der Waals surface area contributed by atoms with Gasteiger partial charge in [-0.2, -0.15) is 0 Å². The van der Waals surface area contributed by atoms with Crippen molar-refractivity contribution in [2.24, 2.45) is 5.73 Å². The van der Waals surface area contributed by atoms with Crippen LogP contribution in [0.5, 0.6) is 0 Å². The van der Waals surface area contributed by atoms with Crippen LogP contribution in [-0.2, 0) is 6.54 Å². The highest BCUT2D eigenvalue weighted by Crippen LogP contribution is 2.10. The number of fused-ring (bicyclic) bond motifs is 1. The second-order valence-electron chi connectivity index (χ2n) is 4.79. The quantitative estimate of drug-likeness (QED) is 0.764. The van der Waals surface area contributed by atoms with Crippen molar-refractivity contribution in [3.05, 3.63) is 52.2 Å². The van der Waals surface area contributed by atoms with E-state index in [1.807, 2.05) is 0 Å². The summed E-state index contributed by atoms with van der Waals surface area (Å²) >= 11 is 0. The highest BCUT2D eigenvalue weighted by Gasteiger charge is 2.15. The van der Waals surface area contributed by atoms with E-state index in [1.165, 1.54) is 8.97 Å². The molecule has 0 bridgehead atoms. The number of aromatic nitrogens is 4. The van der Waals surface area contributed by atoms with Crippen LogP contribution in [0.25, 0.3) is 5.65 Å². The molecule has 3 aromatic heterocycles. The van der Waals surface area contributed by atoms with Gasteiger partial charge in [0.25, 0.3) is 0 Å². The van der Waals surface area contributed by atoms with E-state index < -0.39 is 0 Å². The van der Waals surface area contributed by atoms with Gasteiger partial charge in [0.15, 0.2) is 0 Å². The molecule has 104 valence electrons. The van der Waals surface area contributed by atoms with Crippen LogP contribution >= 0.6 is 0 Å². The first-order valence-corrected chi connectivity index (χ1v) is 6.32. The predicted molar refractivity (Wildman–Crippen MR) is 72.4 cm³/mol. The third-order valence-electron chi connectivity index (χ3n) is 3.07. The molecule has 20 heavy (non-hydrogen) atoms. The van der Waals surface area contributed by atoms with E-state index in [1.54, 1.807) is 38.2 Å². The fourth-order valence-electron chi connectivity index (χ4n) is 2.18. The summed E-state index contributed by atoms with van der Waals surface area (Å²) in [7, 11) is 0. The summed E-state index contributed by atoms with van der Waals surface area (Å²) in [5.74, 6) is 1.23. The Morgan fingerprint density at radius 2 is 2.30 bits per heavy atom. The van der Waals surface area contributed by atoms with Gasteiger partial charge in [-0.15, -0.1) is 0 Å². The Morgan fingerprint density at radius 1 is 1.50 bits per heavy atom. The molecule has 0 radical (unpaired) electrons. The zero-order valence-electron chi connectivity index (χ0n) is 11.3. The molecule has 0 aromatic carbocycles. The molecule has 3 aromatic rings. The zero-order valence-corrected chi connectivity index (χ0v) is 11.3. The van der Waals surface area contributed by atoms with Crippen LogP contribution in [0.15, 0.2) is 33.7 Å². The maximum Gasteiger partial charge on any atom is 0.335 e. The molecule has 0 fully saturated rings. The first-order valence-electron chi connectivity index (χ1n) is 6.32. The first-order chi connectivity index (χ1) is 9.56. The average Bonchev–Trinajstić information content (AvgIpc) is 3.01. The lowest BCUT2D eigenvalue weighted by Gasteiger charge is -2.13. The first kappa shape index (κ1) is 12.6. The lowest BCUT2D eigenvalue weighted by atomic mass is 10.3. The summed E-state index contributed by atoms with van der Waals surface area (Å²) in [6.45, 7) is 3.89. The maximum absolute atomic E-state index is 12.5. The number of rotatable bonds is 3. The number of hydrogen-bond donors (Lipinski definition) is 1. The highest BCUT2D eigenvalue weighted by molar-refractivity contribution is 5.38. The Balaban J connectivity index is 2.18. The second-order valence-corrected chi connectivity index (χ2v) is 4.79. The summed E-state index contributed by atoms with van der Waals surface area (Å²) in [6, 6.07) is 4.99. The van der Waals surface area contributed by atoms with E-state index in [4.69, 9.17) is 10.3 Å². The van der Waals surface area contributed by atoms with Crippen LogP contribution in [0.4, 0.5) is 0 Å². The van der Waals surface area contributed by atoms with Gasteiger partial charge in [0.2, 0.25) is 0 Å². The molecule has 7 nitrogen and oxygen atoms in total. The molecule has 0 saturated heterocycles. The van der Waals surface area contributed by atoms with Crippen LogP contribution in [0.3, 0.4) is 0 Å². The van der Waals surface area contributed by atoms with Crippen molar-refractivity contribution >= 4 is 5.65 Å². The van der Waals surface area contributed by atoms with Gasteiger partial charge in [0.05, 0.1) is 12.6 Å². The van der Waals surface area contributed by atoms with Gasteiger partial charge in [-0.25, -0.2) is 9.78 Å². The van der Waals surface area contributed by atoms with Gasteiger partial charge in [0.1, 0.15) is 22.9 Å². The van der Waals surface area contributed by atoms with Gasteiger partial charge in [-0.05, 0) is 26.0 Å². The molecular weight excluding hydrogens is 258 g/mol. The van der Waals surface area contributed by atoms with E-state index >= 15 is 0 Å². The number of nitrogens with zero attached hydrogens (tertiary/aromatic N) is 4. The Labute approximate surface area is 114 Å². The van der Waals surface area contributed by atoms with Crippen molar-refractivity contribution < 1.29 is 4.52 Å². The smallest absolute Gasteiger partial charge is 0.335 e. The van der Waals surface area contributed by atoms with Crippen LogP contribution in [-0.4, -0.2) is 19.1 Å². The Kier molecular flexibility index (Phi) is 2.90. The topological polar surface area (TPSA) is 91.3 Å². The standard InChI is InChI=1S/C13H15N5O2/c1-8-6-10(16-20-8)7-18-12(9(2)14)15-11-4-3-5-17(11)13(18)19/h3-6,9H,7,14H2,1-2H3. The fraction of sp³-hybridized carbons (Fsp3) is 0.308. The van der Waals surface area contributed by atoms with Crippen molar-refractivity contribution in [2.75, 3.05) is 0 Å². The van der Waals surface area contributed by atoms with E-state index in [-0.39, 0.29) is 18.3 Å².